The summed E-state index contributed by atoms with van der Waals surface area (Å²) in [6.07, 6.45) is 0. The second-order valence-electron chi connectivity index (χ2n) is 5.04. The van der Waals surface area contributed by atoms with E-state index in [1.807, 2.05) is 37.3 Å². The number of aromatic nitrogens is 2. The Bertz CT molecular complexity index is 828. The van der Waals surface area contributed by atoms with E-state index in [-0.39, 0.29) is 12.5 Å². The zero-order chi connectivity index (χ0) is 16.2. The van der Waals surface area contributed by atoms with Crippen LogP contribution in [0.4, 0.5) is 0 Å². The lowest BCUT2D eigenvalue weighted by atomic mass is 10.1. The molecule has 3 aromatic rings. The molecular weight excluding hydrogens is 314 g/mol. The lowest BCUT2D eigenvalue weighted by Gasteiger charge is -2.02. The van der Waals surface area contributed by atoms with Crippen LogP contribution in [-0.4, -0.2) is 16.0 Å². The van der Waals surface area contributed by atoms with Crippen molar-refractivity contribution in [2.45, 2.75) is 13.5 Å². The monoisotopic (exact) mass is 327 g/mol. The molecule has 1 aromatic heterocycles. The van der Waals surface area contributed by atoms with Crippen LogP contribution in [0.25, 0.3) is 11.4 Å². The van der Waals surface area contributed by atoms with E-state index in [0.717, 1.165) is 5.56 Å². The highest BCUT2D eigenvalue weighted by Gasteiger charge is 2.12. The van der Waals surface area contributed by atoms with Gasteiger partial charge in [-0.1, -0.05) is 46.6 Å². The number of halogens is 1. The van der Waals surface area contributed by atoms with Gasteiger partial charge in [0.25, 0.3) is 5.91 Å². The molecule has 5 nitrogen and oxygen atoms in total. The molecule has 0 aliphatic rings. The molecule has 3 rings (SSSR count). The standard InChI is InChI=1S/C17H14ClN3O2/c1-11-6-8-12(9-7-11)17(22)19-10-15-20-16(21-23-15)13-4-2-3-5-14(13)18/h2-9H,10H2,1H3,(H,19,22). The molecular formula is C17H14ClN3O2. The average Bonchev–Trinajstić information content (AvgIpc) is 3.02. The fourth-order valence-electron chi connectivity index (χ4n) is 2.04. The second kappa shape index (κ2) is 6.62. The Morgan fingerprint density at radius 2 is 1.91 bits per heavy atom. The summed E-state index contributed by atoms with van der Waals surface area (Å²) >= 11 is 6.10. The first-order valence-electron chi connectivity index (χ1n) is 7.06. The van der Waals surface area contributed by atoms with E-state index in [1.54, 1.807) is 18.2 Å². The van der Waals surface area contributed by atoms with Gasteiger partial charge in [-0.25, -0.2) is 0 Å². The molecule has 0 radical (unpaired) electrons. The number of nitrogens with zero attached hydrogens (tertiary/aromatic N) is 2. The molecule has 23 heavy (non-hydrogen) atoms. The summed E-state index contributed by atoms with van der Waals surface area (Å²) in [4.78, 5) is 16.3. The lowest BCUT2D eigenvalue weighted by Crippen LogP contribution is -2.22. The Labute approximate surface area is 138 Å². The SMILES string of the molecule is Cc1ccc(C(=O)NCc2nc(-c3ccccc3Cl)no2)cc1. The van der Waals surface area contributed by atoms with E-state index in [0.29, 0.717) is 27.9 Å². The average molecular weight is 328 g/mol. The van der Waals surface area contributed by atoms with Crippen LogP contribution >= 0.6 is 11.6 Å². The van der Waals surface area contributed by atoms with Gasteiger partial charge in [0.15, 0.2) is 0 Å². The zero-order valence-corrected chi connectivity index (χ0v) is 13.2. The number of amides is 1. The molecule has 2 aromatic carbocycles. The topological polar surface area (TPSA) is 68.0 Å². The number of carbonyl (C=O) groups excluding carboxylic acids is 1. The number of rotatable bonds is 4. The van der Waals surface area contributed by atoms with Crippen molar-refractivity contribution >= 4 is 17.5 Å². The van der Waals surface area contributed by atoms with Gasteiger partial charge < -0.3 is 9.84 Å². The first-order chi connectivity index (χ1) is 11.1. The third-order valence-corrected chi connectivity index (χ3v) is 3.63. The van der Waals surface area contributed by atoms with E-state index in [4.69, 9.17) is 16.1 Å². The van der Waals surface area contributed by atoms with Crippen LogP contribution in [0.3, 0.4) is 0 Å². The summed E-state index contributed by atoms with van der Waals surface area (Å²) in [5.74, 6) is 0.526. The van der Waals surface area contributed by atoms with Gasteiger partial charge >= 0.3 is 0 Å². The normalized spacial score (nSPS) is 10.5. The van der Waals surface area contributed by atoms with E-state index < -0.39 is 0 Å². The van der Waals surface area contributed by atoms with Crippen molar-refractivity contribution in [2.24, 2.45) is 0 Å². The van der Waals surface area contributed by atoms with Gasteiger partial charge in [-0.3, -0.25) is 4.79 Å². The van der Waals surface area contributed by atoms with E-state index in [9.17, 15) is 4.79 Å². The van der Waals surface area contributed by atoms with Gasteiger partial charge in [0.1, 0.15) is 0 Å². The van der Waals surface area contributed by atoms with Crippen LogP contribution in [0.1, 0.15) is 21.8 Å². The van der Waals surface area contributed by atoms with Gasteiger partial charge in [0, 0.05) is 11.1 Å². The predicted octanol–water partition coefficient (Wildman–Crippen LogP) is 3.63. The molecule has 0 saturated carbocycles. The van der Waals surface area contributed by atoms with Gasteiger partial charge in [-0.2, -0.15) is 4.98 Å². The fraction of sp³-hybridized carbons (Fsp3) is 0.118. The zero-order valence-electron chi connectivity index (χ0n) is 12.4. The molecule has 0 spiro atoms. The highest BCUT2D eigenvalue weighted by Crippen LogP contribution is 2.24. The molecule has 1 amide bonds. The van der Waals surface area contributed by atoms with Crippen molar-refractivity contribution in [3.8, 4) is 11.4 Å². The van der Waals surface area contributed by atoms with Crippen molar-refractivity contribution < 1.29 is 9.32 Å². The smallest absolute Gasteiger partial charge is 0.251 e. The lowest BCUT2D eigenvalue weighted by molar-refractivity contribution is 0.0946. The fourth-order valence-corrected chi connectivity index (χ4v) is 2.26. The largest absolute Gasteiger partial charge is 0.343 e. The van der Waals surface area contributed by atoms with Gasteiger partial charge in [-0.05, 0) is 31.2 Å². The van der Waals surface area contributed by atoms with Crippen molar-refractivity contribution in [1.82, 2.24) is 15.5 Å². The molecule has 0 atom stereocenters. The van der Waals surface area contributed by atoms with Gasteiger partial charge in [0.05, 0.1) is 11.6 Å². The molecule has 0 aliphatic carbocycles. The molecule has 1 N–H and O–H groups in total. The minimum Gasteiger partial charge on any atom is -0.343 e. The summed E-state index contributed by atoms with van der Waals surface area (Å²) in [7, 11) is 0. The maximum atomic E-state index is 12.0. The molecule has 0 saturated heterocycles. The predicted molar refractivity (Wildman–Crippen MR) is 87.1 cm³/mol. The Hall–Kier alpha value is -2.66. The molecule has 116 valence electrons. The first-order valence-corrected chi connectivity index (χ1v) is 7.43. The summed E-state index contributed by atoms with van der Waals surface area (Å²) in [6.45, 7) is 2.13. The molecule has 0 aliphatic heterocycles. The van der Waals surface area contributed by atoms with Crippen LogP contribution in [0.15, 0.2) is 53.1 Å². The Morgan fingerprint density at radius 1 is 1.17 bits per heavy atom. The number of benzene rings is 2. The molecule has 6 heteroatoms. The highest BCUT2D eigenvalue weighted by molar-refractivity contribution is 6.33. The third-order valence-electron chi connectivity index (χ3n) is 3.30. The van der Waals surface area contributed by atoms with Crippen LogP contribution in [0.2, 0.25) is 5.02 Å². The van der Waals surface area contributed by atoms with Crippen LogP contribution in [-0.2, 0) is 6.54 Å². The number of carbonyl (C=O) groups is 1. The second-order valence-corrected chi connectivity index (χ2v) is 5.45. The number of nitrogens with one attached hydrogen (secondary N) is 1. The Morgan fingerprint density at radius 3 is 2.65 bits per heavy atom. The quantitative estimate of drug-likeness (QED) is 0.794. The van der Waals surface area contributed by atoms with E-state index in [1.165, 1.54) is 0 Å². The number of aryl methyl sites for hydroxylation is 1. The van der Waals surface area contributed by atoms with Crippen LogP contribution < -0.4 is 5.32 Å². The number of hydrogen-bond donors (Lipinski definition) is 1. The van der Waals surface area contributed by atoms with Crippen molar-refractivity contribution in [3.05, 3.63) is 70.6 Å². The summed E-state index contributed by atoms with van der Waals surface area (Å²) in [5.41, 5.74) is 2.37. The maximum absolute atomic E-state index is 12.0. The maximum Gasteiger partial charge on any atom is 0.251 e. The molecule has 1 heterocycles. The van der Waals surface area contributed by atoms with Crippen molar-refractivity contribution in [3.63, 3.8) is 0 Å². The van der Waals surface area contributed by atoms with E-state index >= 15 is 0 Å². The third kappa shape index (κ3) is 3.57. The first kappa shape index (κ1) is 15.2. The van der Waals surface area contributed by atoms with Gasteiger partial charge in [0.2, 0.25) is 11.7 Å². The van der Waals surface area contributed by atoms with E-state index in [2.05, 4.69) is 15.5 Å². The summed E-state index contributed by atoms with van der Waals surface area (Å²) in [5, 5.41) is 7.18. The van der Waals surface area contributed by atoms with Crippen molar-refractivity contribution in [2.75, 3.05) is 0 Å². The number of hydrogen-bond acceptors (Lipinski definition) is 4. The summed E-state index contributed by atoms with van der Waals surface area (Å²) in [6, 6.07) is 14.6. The Balaban J connectivity index is 1.67. The van der Waals surface area contributed by atoms with Crippen molar-refractivity contribution in [1.29, 1.82) is 0 Å². The molecule has 0 fully saturated rings. The minimum atomic E-state index is -0.192. The van der Waals surface area contributed by atoms with Gasteiger partial charge in [-0.15, -0.1) is 0 Å². The van der Waals surface area contributed by atoms with Crippen LogP contribution in [0, 0.1) is 6.92 Å². The minimum absolute atomic E-state index is 0.157. The highest BCUT2D eigenvalue weighted by atomic mass is 35.5. The molecule has 0 unspecified atom stereocenters. The van der Waals surface area contributed by atoms with Crippen LogP contribution in [0.5, 0.6) is 0 Å². The molecule has 0 bridgehead atoms. The summed E-state index contributed by atoms with van der Waals surface area (Å²) < 4.78 is 5.14. The Kier molecular flexibility index (Phi) is 4.39.